The maximum absolute atomic E-state index is 6.11. The van der Waals surface area contributed by atoms with Crippen molar-refractivity contribution in [3.8, 4) is 78.7 Å². The van der Waals surface area contributed by atoms with Crippen LogP contribution < -0.4 is 0 Å². The summed E-state index contributed by atoms with van der Waals surface area (Å²) in [4.78, 5) is 15.6. The van der Waals surface area contributed by atoms with Crippen molar-refractivity contribution in [3.05, 3.63) is 235 Å². The summed E-state index contributed by atoms with van der Waals surface area (Å²) in [6.07, 6.45) is 0. The molecule has 11 aromatic rings. The zero-order chi connectivity index (χ0) is 40.8. The minimum absolute atomic E-state index is 0.435. The molecule has 0 bridgehead atoms. The van der Waals surface area contributed by atoms with E-state index in [-0.39, 0.29) is 0 Å². The van der Waals surface area contributed by atoms with Crippen LogP contribution in [0.3, 0.4) is 0 Å². The van der Waals surface area contributed by atoms with E-state index in [1.165, 1.54) is 44.5 Å². The van der Waals surface area contributed by atoms with Gasteiger partial charge in [0.1, 0.15) is 11.2 Å². The van der Waals surface area contributed by atoms with Crippen LogP contribution in [-0.2, 0) is 5.41 Å². The summed E-state index contributed by atoms with van der Waals surface area (Å²) in [5, 5.41) is 2.22. The Morgan fingerprint density at radius 3 is 1.50 bits per heavy atom. The predicted molar refractivity (Wildman–Crippen MR) is 251 cm³/mol. The molecule has 2 aliphatic carbocycles. The van der Waals surface area contributed by atoms with Crippen molar-refractivity contribution < 1.29 is 4.42 Å². The second kappa shape index (κ2) is 13.4. The molecule has 288 valence electrons. The second-order valence-corrected chi connectivity index (χ2v) is 16.2. The van der Waals surface area contributed by atoms with Crippen LogP contribution >= 0.6 is 0 Å². The average molecular weight is 790 g/mol. The number of nitrogens with zero attached hydrogens (tertiary/aromatic N) is 3. The molecular weight excluding hydrogens is 755 g/mol. The summed E-state index contributed by atoms with van der Waals surface area (Å²) >= 11 is 0. The van der Waals surface area contributed by atoms with Crippen LogP contribution in [-0.4, -0.2) is 15.0 Å². The van der Waals surface area contributed by atoms with Crippen molar-refractivity contribution in [1.29, 1.82) is 0 Å². The van der Waals surface area contributed by atoms with Gasteiger partial charge in [0.15, 0.2) is 17.5 Å². The first-order chi connectivity index (χ1) is 30.7. The van der Waals surface area contributed by atoms with Gasteiger partial charge in [-0.1, -0.05) is 194 Å². The third-order valence-corrected chi connectivity index (χ3v) is 13.0. The van der Waals surface area contributed by atoms with Gasteiger partial charge in [0.05, 0.1) is 5.41 Å². The van der Waals surface area contributed by atoms with E-state index in [0.29, 0.717) is 17.5 Å². The lowest BCUT2D eigenvalue weighted by Gasteiger charge is -2.30. The van der Waals surface area contributed by atoms with Crippen LogP contribution in [0.25, 0.3) is 101 Å². The van der Waals surface area contributed by atoms with E-state index in [1.54, 1.807) is 0 Å². The highest BCUT2D eigenvalue weighted by Crippen LogP contribution is 2.64. The molecule has 1 spiro atoms. The van der Waals surface area contributed by atoms with E-state index in [9.17, 15) is 0 Å². The number of benzene rings is 9. The number of hydrogen-bond acceptors (Lipinski definition) is 4. The summed E-state index contributed by atoms with van der Waals surface area (Å²) < 4.78 is 6.11. The van der Waals surface area contributed by atoms with Crippen LogP contribution in [0.2, 0.25) is 0 Å². The normalized spacial score (nSPS) is 13.0. The number of furan rings is 1. The van der Waals surface area contributed by atoms with E-state index in [2.05, 4.69) is 182 Å². The fraction of sp³-hybridized carbons (Fsp3) is 0.0172. The first-order valence-corrected chi connectivity index (χ1v) is 21.1. The summed E-state index contributed by atoms with van der Waals surface area (Å²) in [7, 11) is 0. The van der Waals surface area contributed by atoms with Crippen molar-refractivity contribution in [2.45, 2.75) is 5.41 Å². The summed E-state index contributed by atoms with van der Waals surface area (Å²) in [5.74, 6) is 1.87. The molecule has 0 unspecified atom stereocenters. The Bertz CT molecular complexity index is 3540. The minimum atomic E-state index is -0.435. The predicted octanol–water partition coefficient (Wildman–Crippen LogP) is 14.4. The van der Waals surface area contributed by atoms with Crippen LogP contribution in [0.5, 0.6) is 0 Å². The molecule has 4 heteroatoms. The Kier molecular flexibility index (Phi) is 7.49. The van der Waals surface area contributed by atoms with Gasteiger partial charge in [-0.25, -0.2) is 15.0 Å². The van der Waals surface area contributed by atoms with Gasteiger partial charge in [-0.3, -0.25) is 0 Å². The Morgan fingerprint density at radius 1 is 0.290 bits per heavy atom. The monoisotopic (exact) mass is 789 g/mol. The first-order valence-electron chi connectivity index (χ1n) is 21.1. The van der Waals surface area contributed by atoms with Crippen molar-refractivity contribution in [2.75, 3.05) is 0 Å². The molecule has 0 aliphatic heterocycles. The molecule has 62 heavy (non-hydrogen) atoms. The quantitative estimate of drug-likeness (QED) is 0.174. The molecule has 9 aromatic carbocycles. The van der Waals surface area contributed by atoms with Crippen molar-refractivity contribution in [1.82, 2.24) is 15.0 Å². The average Bonchev–Trinajstić information content (AvgIpc) is 3.98. The number of aromatic nitrogens is 3. The minimum Gasteiger partial charge on any atom is -0.456 e. The lowest BCUT2D eigenvalue weighted by Crippen LogP contribution is -2.25. The van der Waals surface area contributed by atoms with E-state index >= 15 is 0 Å². The van der Waals surface area contributed by atoms with Crippen molar-refractivity contribution in [2.24, 2.45) is 0 Å². The largest absolute Gasteiger partial charge is 0.456 e. The highest BCUT2D eigenvalue weighted by Gasteiger charge is 2.52. The molecule has 0 N–H and O–H groups in total. The van der Waals surface area contributed by atoms with Gasteiger partial charge >= 0.3 is 0 Å². The zero-order valence-corrected chi connectivity index (χ0v) is 33.5. The topological polar surface area (TPSA) is 51.8 Å². The van der Waals surface area contributed by atoms with Gasteiger partial charge in [0, 0.05) is 27.5 Å². The maximum atomic E-state index is 6.11. The molecule has 0 saturated heterocycles. The van der Waals surface area contributed by atoms with E-state index < -0.39 is 5.41 Å². The third kappa shape index (κ3) is 4.98. The van der Waals surface area contributed by atoms with E-state index in [0.717, 1.165) is 60.9 Å². The standard InChI is InChI=1S/C58H35N3O/c1-2-15-37(16-3-1)55-59-56(38-31-29-36(30-32-38)39-33-34-53-47(35-39)43-20-9-13-28-52(43)62-53)61-57(60-55)45-21-5-4-17-40(45)44-23-14-27-51-54(44)46-22-8-12-26-50(46)58(51)48-24-10-6-18-41(48)42-19-7-11-25-49(42)58/h1-35H. The molecular formula is C58H35N3O. The molecule has 0 radical (unpaired) electrons. The summed E-state index contributed by atoms with van der Waals surface area (Å²) in [5.41, 5.74) is 18.9. The van der Waals surface area contributed by atoms with Crippen LogP contribution in [0, 0.1) is 0 Å². The second-order valence-electron chi connectivity index (χ2n) is 16.2. The number of rotatable bonds is 5. The Labute approximate surface area is 358 Å². The summed E-state index contributed by atoms with van der Waals surface area (Å²) in [6.45, 7) is 0. The van der Waals surface area contributed by atoms with Crippen LogP contribution in [0.15, 0.2) is 217 Å². The lowest BCUT2D eigenvalue weighted by atomic mass is 9.70. The molecule has 0 atom stereocenters. The highest BCUT2D eigenvalue weighted by molar-refractivity contribution is 6.06. The fourth-order valence-corrected chi connectivity index (χ4v) is 10.3. The molecule has 0 amide bonds. The molecule has 4 nitrogen and oxygen atoms in total. The first kappa shape index (κ1) is 34.6. The van der Waals surface area contributed by atoms with Gasteiger partial charge in [0.25, 0.3) is 0 Å². The highest BCUT2D eigenvalue weighted by atomic mass is 16.3. The van der Waals surface area contributed by atoms with Crippen LogP contribution in [0.4, 0.5) is 0 Å². The molecule has 0 fully saturated rings. The zero-order valence-electron chi connectivity index (χ0n) is 33.5. The molecule has 2 aromatic heterocycles. The SMILES string of the molecule is c1ccc(-c2nc(-c3ccc(-c4ccc5oc6ccccc6c5c4)cc3)nc(-c3ccccc3-c3cccc4c3-c3ccccc3C43c4ccccc4-c4ccccc43)n2)cc1. The maximum Gasteiger partial charge on any atom is 0.164 e. The Morgan fingerprint density at radius 2 is 0.774 bits per heavy atom. The lowest BCUT2D eigenvalue weighted by molar-refractivity contribution is 0.669. The third-order valence-electron chi connectivity index (χ3n) is 13.0. The van der Waals surface area contributed by atoms with Gasteiger partial charge in [-0.15, -0.1) is 0 Å². The van der Waals surface area contributed by atoms with Crippen molar-refractivity contribution >= 4 is 21.9 Å². The molecule has 2 aliphatic rings. The Balaban J connectivity index is 0.973. The van der Waals surface area contributed by atoms with Gasteiger partial charge in [-0.05, 0) is 85.0 Å². The van der Waals surface area contributed by atoms with Crippen LogP contribution in [0.1, 0.15) is 22.3 Å². The van der Waals surface area contributed by atoms with Crippen molar-refractivity contribution in [3.63, 3.8) is 0 Å². The Hall–Kier alpha value is -8.21. The molecule has 2 heterocycles. The number of para-hydroxylation sites is 1. The molecule has 13 rings (SSSR count). The van der Waals surface area contributed by atoms with Gasteiger partial charge in [0.2, 0.25) is 0 Å². The smallest absolute Gasteiger partial charge is 0.164 e. The number of hydrogen-bond donors (Lipinski definition) is 0. The number of fused-ring (bicyclic) bond motifs is 13. The fourth-order valence-electron chi connectivity index (χ4n) is 10.3. The van der Waals surface area contributed by atoms with Gasteiger partial charge < -0.3 is 4.42 Å². The van der Waals surface area contributed by atoms with Gasteiger partial charge in [-0.2, -0.15) is 0 Å². The molecule has 0 saturated carbocycles. The van der Waals surface area contributed by atoms with E-state index in [4.69, 9.17) is 19.4 Å². The van der Waals surface area contributed by atoms with E-state index in [1.807, 2.05) is 30.3 Å². The summed E-state index contributed by atoms with van der Waals surface area (Å²) in [6, 6.07) is 75.6.